The number of hydrogen-bond donors (Lipinski definition) is 1. The number of rotatable bonds is 3. The average molecular weight is 219 g/mol. The molecule has 0 unspecified atom stereocenters. The predicted octanol–water partition coefficient (Wildman–Crippen LogP) is 2.32. The SMILES string of the molecule is Cc1cc(C)c(OCC(C)(C)O)c(C#N)c1. The van der Waals surface area contributed by atoms with Gasteiger partial charge in [-0.25, -0.2) is 0 Å². The van der Waals surface area contributed by atoms with Crippen LogP contribution in [-0.4, -0.2) is 17.3 Å². The van der Waals surface area contributed by atoms with Crippen LogP contribution in [0.25, 0.3) is 0 Å². The maximum Gasteiger partial charge on any atom is 0.140 e. The summed E-state index contributed by atoms with van der Waals surface area (Å²) in [5.74, 6) is 0.565. The van der Waals surface area contributed by atoms with Crippen molar-refractivity contribution in [1.82, 2.24) is 0 Å². The normalized spacial score (nSPS) is 11.0. The molecule has 0 aliphatic carbocycles. The van der Waals surface area contributed by atoms with Crippen LogP contribution in [0.15, 0.2) is 12.1 Å². The quantitative estimate of drug-likeness (QED) is 0.848. The lowest BCUT2D eigenvalue weighted by Crippen LogP contribution is -2.28. The number of ether oxygens (including phenoxy) is 1. The Morgan fingerprint density at radius 3 is 2.50 bits per heavy atom. The third-order valence-corrected chi connectivity index (χ3v) is 2.11. The molecular weight excluding hydrogens is 202 g/mol. The summed E-state index contributed by atoms with van der Waals surface area (Å²) in [5.41, 5.74) is 1.57. The van der Waals surface area contributed by atoms with Crippen molar-refractivity contribution in [3.8, 4) is 11.8 Å². The van der Waals surface area contributed by atoms with Gasteiger partial charge in [0.25, 0.3) is 0 Å². The van der Waals surface area contributed by atoms with Gasteiger partial charge in [-0.05, 0) is 44.9 Å². The van der Waals surface area contributed by atoms with Crippen LogP contribution < -0.4 is 4.74 Å². The highest BCUT2D eigenvalue weighted by molar-refractivity contribution is 5.50. The molecular formula is C13H17NO2. The molecule has 0 amide bonds. The highest BCUT2D eigenvalue weighted by atomic mass is 16.5. The van der Waals surface area contributed by atoms with Gasteiger partial charge in [0.15, 0.2) is 0 Å². The molecule has 0 bridgehead atoms. The van der Waals surface area contributed by atoms with E-state index in [1.54, 1.807) is 19.9 Å². The lowest BCUT2D eigenvalue weighted by molar-refractivity contribution is 0.0281. The Labute approximate surface area is 96.3 Å². The summed E-state index contributed by atoms with van der Waals surface area (Å²) in [6.07, 6.45) is 0. The van der Waals surface area contributed by atoms with Gasteiger partial charge in [0.1, 0.15) is 18.4 Å². The van der Waals surface area contributed by atoms with E-state index < -0.39 is 5.60 Å². The number of aryl methyl sites for hydroxylation is 2. The molecule has 86 valence electrons. The first-order valence-electron chi connectivity index (χ1n) is 5.20. The minimum Gasteiger partial charge on any atom is -0.489 e. The van der Waals surface area contributed by atoms with Gasteiger partial charge in [-0.3, -0.25) is 0 Å². The fourth-order valence-electron chi connectivity index (χ4n) is 1.48. The van der Waals surface area contributed by atoms with Crippen LogP contribution in [-0.2, 0) is 0 Å². The Hall–Kier alpha value is -1.53. The predicted molar refractivity (Wildman–Crippen MR) is 62.4 cm³/mol. The van der Waals surface area contributed by atoms with E-state index in [1.807, 2.05) is 19.9 Å². The van der Waals surface area contributed by atoms with Crippen molar-refractivity contribution in [3.05, 3.63) is 28.8 Å². The second-order valence-electron chi connectivity index (χ2n) is 4.67. The summed E-state index contributed by atoms with van der Waals surface area (Å²) in [6, 6.07) is 5.85. The lowest BCUT2D eigenvalue weighted by Gasteiger charge is -2.19. The molecule has 3 heteroatoms. The van der Waals surface area contributed by atoms with E-state index in [0.29, 0.717) is 11.3 Å². The Kier molecular flexibility index (Phi) is 3.56. The second-order valence-corrected chi connectivity index (χ2v) is 4.67. The van der Waals surface area contributed by atoms with Crippen LogP contribution >= 0.6 is 0 Å². The molecule has 0 saturated carbocycles. The fraction of sp³-hybridized carbons (Fsp3) is 0.462. The zero-order chi connectivity index (χ0) is 12.3. The van der Waals surface area contributed by atoms with Crippen molar-refractivity contribution in [1.29, 1.82) is 5.26 Å². The molecule has 3 nitrogen and oxygen atoms in total. The first-order valence-corrected chi connectivity index (χ1v) is 5.20. The lowest BCUT2D eigenvalue weighted by atomic mass is 10.1. The van der Waals surface area contributed by atoms with Crippen molar-refractivity contribution in [2.45, 2.75) is 33.3 Å². The molecule has 0 spiro atoms. The molecule has 0 fully saturated rings. The Bertz CT molecular complexity index is 425. The number of hydrogen-bond acceptors (Lipinski definition) is 3. The first kappa shape index (κ1) is 12.5. The molecule has 0 saturated heterocycles. The van der Waals surface area contributed by atoms with E-state index >= 15 is 0 Å². The minimum atomic E-state index is -0.899. The largest absolute Gasteiger partial charge is 0.489 e. The summed E-state index contributed by atoms with van der Waals surface area (Å²) >= 11 is 0. The number of nitriles is 1. The maximum atomic E-state index is 9.58. The van der Waals surface area contributed by atoms with Gasteiger partial charge in [0.05, 0.1) is 11.2 Å². The van der Waals surface area contributed by atoms with E-state index in [1.165, 1.54) is 0 Å². The van der Waals surface area contributed by atoms with Gasteiger partial charge in [-0.1, -0.05) is 6.07 Å². The van der Waals surface area contributed by atoms with Crippen molar-refractivity contribution >= 4 is 0 Å². The Balaban J connectivity index is 3.00. The third kappa shape index (κ3) is 3.25. The van der Waals surface area contributed by atoms with Crippen molar-refractivity contribution in [2.75, 3.05) is 6.61 Å². The van der Waals surface area contributed by atoms with E-state index in [4.69, 9.17) is 10.00 Å². The standard InChI is InChI=1S/C13H17NO2/c1-9-5-10(2)12(11(6-9)7-14)16-8-13(3,4)15/h5-6,15H,8H2,1-4H3. The summed E-state index contributed by atoms with van der Waals surface area (Å²) in [6.45, 7) is 7.35. The number of benzene rings is 1. The maximum absolute atomic E-state index is 9.58. The van der Waals surface area contributed by atoms with E-state index in [9.17, 15) is 5.11 Å². The Morgan fingerprint density at radius 2 is 2.00 bits per heavy atom. The highest BCUT2D eigenvalue weighted by Crippen LogP contribution is 2.25. The molecule has 0 atom stereocenters. The molecule has 0 aromatic heterocycles. The van der Waals surface area contributed by atoms with Crippen molar-refractivity contribution in [2.24, 2.45) is 0 Å². The molecule has 0 heterocycles. The smallest absolute Gasteiger partial charge is 0.140 e. The molecule has 1 N–H and O–H groups in total. The summed E-state index contributed by atoms with van der Waals surface area (Å²) in [7, 11) is 0. The van der Waals surface area contributed by atoms with Gasteiger partial charge in [-0.2, -0.15) is 5.26 Å². The van der Waals surface area contributed by atoms with Crippen LogP contribution in [0.2, 0.25) is 0 Å². The molecule has 0 aliphatic heterocycles. The van der Waals surface area contributed by atoms with Gasteiger partial charge < -0.3 is 9.84 Å². The van der Waals surface area contributed by atoms with Crippen LogP contribution in [0.4, 0.5) is 0 Å². The van der Waals surface area contributed by atoms with E-state index in [2.05, 4.69) is 6.07 Å². The van der Waals surface area contributed by atoms with Crippen molar-refractivity contribution in [3.63, 3.8) is 0 Å². The topological polar surface area (TPSA) is 53.2 Å². The van der Waals surface area contributed by atoms with Crippen LogP contribution in [0, 0.1) is 25.2 Å². The molecule has 0 aliphatic rings. The second kappa shape index (κ2) is 4.54. The minimum absolute atomic E-state index is 0.172. The highest BCUT2D eigenvalue weighted by Gasteiger charge is 2.16. The van der Waals surface area contributed by atoms with E-state index in [-0.39, 0.29) is 6.61 Å². The van der Waals surface area contributed by atoms with Crippen LogP contribution in [0.5, 0.6) is 5.75 Å². The Morgan fingerprint density at radius 1 is 1.38 bits per heavy atom. The van der Waals surface area contributed by atoms with Crippen molar-refractivity contribution < 1.29 is 9.84 Å². The zero-order valence-corrected chi connectivity index (χ0v) is 10.2. The monoisotopic (exact) mass is 219 g/mol. The van der Waals surface area contributed by atoms with Gasteiger partial charge >= 0.3 is 0 Å². The third-order valence-electron chi connectivity index (χ3n) is 2.11. The van der Waals surface area contributed by atoms with Crippen LogP contribution in [0.1, 0.15) is 30.5 Å². The number of nitrogens with zero attached hydrogens (tertiary/aromatic N) is 1. The summed E-state index contributed by atoms with van der Waals surface area (Å²) < 4.78 is 5.51. The summed E-state index contributed by atoms with van der Waals surface area (Å²) in [5, 5.41) is 18.6. The van der Waals surface area contributed by atoms with Gasteiger partial charge in [0.2, 0.25) is 0 Å². The number of aliphatic hydroxyl groups is 1. The van der Waals surface area contributed by atoms with Crippen LogP contribution in [0.3, 0.4) is 0 Å². The summed E-state index contributed by atoms with van der Waals surface area (Å²) in [4.78, 5) is 0. The molecule has 1 rings (SSSR count). The molecule has 1 aromatic carbocycles. The molecule has 0 radical (unpaired) electrons. The van der Waals surface area contributed by atoms with E-state index in [0.717, 1.165) is 11.1 Å². The van der Waals surface area contributed by atoms with Gasteiger partial charge in [-0.15, -0.1) is 0 Å². The zero-order valence-electron chi connectivity index (χ0n) is 10.2. The molecule has 16 heavy (non-hydrogen) atoms. The first-order chi connectivity index (χ1) is 7.33. The fourth-order valence-corrected chi connectivity index (χ4v) is 1.48. The van der Waals surface area contributed by atoms with Gasteiger partial charge in [0, 0.05) is 0 Å². The molecule has 1 aromatic rings. The average Bonchev–Trinajstić information content (AvgIpc) is 2.13.